The normalized spacial score (nSPS) is 15.9. The molecule has 0 radical (unpaired) electrons. The van der Waals surface area contributed by atoms with Gasteiger partial charge >= 0.3 is 0 Å². The molecule has 32 heavy (non-hydrogen) atoms. The highest BCUT2D eigenvalue weighted by Crippen LogP contribution is 2.36. The Labute approximate surface area is 190 Å². The van der Waals surface area contributed by atoms with Crippen molar-refractivity contribution in [1.82, 2.24) is 24.7 Å². The molecular formula is C22H17FN6OS2. The van der Waals surface area contributed by atoms with Gasteiger partial charge in [-0.3, -0.25) is 4.79 Å². The van der Waals surface area contributed by atoms with Crippen LogP contribution < -0.4 is 5.32 Å². The lowest BCUT2D eigenvalue weighted by Crippen LogP contribution is -2.31. The zero-order chi connectivity index (χ0) is 21.8. The fraction of sp³-hybridized carbons (Fsp3) is 0.227. The summed E-state index contributed by atoms with van der Waals surface area (Å²) in [5, 5.41) is 13.2. The Hall–Kier alpha value is -3.24. The largest absolute Gasteiger partial charge is 0.310 e. The maximum absolute atomic E-state index is 13.3. The van der Waals surface area contributed by atoms with Gasteiger partial charge in [0.1, 0.15) is 11.6 Å². The highest BCUT2D eigenvalue weighted by molar-refractivity contribution is 7.28. The number of aryl methyl sites for hydroxylation is 2. The number of aromatic nitrogens is 5. The molecular weight excluding hydrogens is 447 g/mol. The first kappa shape index (κ1) is 19.4. The van der Waals surface area contributed by atoms with Gasteiger partial charge in [-0.05, 0) is 49.7 Å². The van der Waals surface area contributed by atoms with E-state index in [2.05, 4.69) is 25.5 Å². The van der Waals surface area contributed by atoms with E-state index in [4.69, 9.17) is 0 Å². The van der Waals surface area contributed by atoms with Gasteiger partial charge in [0.25, 0.3) is 0 Å². The van der Waals surface area contributed by atoms with Crippen molar-refractivity contribution in [3.05, 3.63) is 53.0 Å². The fourth-order valence-corrected chi connectivity index (χ4v) is 6.11. The van der Waals surface area contributed by atoms with Crippen molar-refractivity contribution < 1.29 is 9.18 Å². The fourth-order valence-electron chi connectivity index (χ4n) is 4.10. The van der Waals surface area contributed by atoms with E-state index in [1.54, 1.807) is 23.5 Å². The van der Waals surface area contributed by atoms with Crippen molar-refractivity contribution in [2.24, 2.45) is 5.92 Å². The number of hydrogen-bond donors (Lipinski definition) is 1. The van der Waals surface area contributed by atoms with E-state index in [9.17, 15) is 9.18 Å². The molecule has 1 aliphatic rings. The van der Waals surface area contributed by atoms with Crippen molar-refractivity contribution in [1.29, 1.82) is 0 Å². The van der Waals surface area contributed by atoms with Gasteiger partial charge in [0.05, 0.1) is 31.4 Å². The molecule has 1 unspecified atom stereocenters. The number of carbonyl (C=O) groups is 1. The van der Waals surface area contributed by atoms with Gasteiger partial charge in [-0.15, -0.1) is 21.5 Å². The number of rotatable bonds is 3. The number of hydrogen-bond acceptors (Lipinski definition) is 7. The van der Waals surface area contributed by atoms with Crippen molar-refractivity contribution in [2.75, 3.05) is 5.32 Å². The summed E-state index contributed by atoms with van der Waals surface area (Å²) in [5.74, 6) is 0.906. The van der Waals surface area contributed by atoms with Gasteiger partial charge in [0.15, 0.2) is 11.0 Å². The molecule has 1 amide bonds. The zero-order valence-electron chi connectivity index (χ0n) is 17.0. The number of benzene rings is 2. The van der Waals surface area contributed by atoms with Crippen LogP contribution in [0.25, 0.3) is 31.8 Å². The second kappa shape index (κ2) is 7.42. The Morgan fingerprint density at radius 3 is 2.62 bits per heavy atom. The van der Waals surface area contributed by atoms with Crippen LogP contribution in [-0.4, -0.2) is 30.6 Å². The molecule has 2 aromatic carbocycles. The number of nitrogens with one attached hydrogen (secondary N) is 1. The number of amides is 1. The molecule has 160 valence electrons. The standard InChI is InChI=1S/C22H17FN6OS2/c1-11-24-15-7-8-16-19(18(15)31-11)32-22(25-16)26-21(30)13-4-9-17-27-28-20(29(17)10-13)12-2-5-14(23)6-3-12/h2-3,5-8,13H,4,9-10H2,1H3,(H,25,26,30). The summed E-state index contributed by atoms with van der Waals surface area (Å²) in [5.41, 5.74) is 2.60. The molecule has 0 fully saturated rings. The molecule has 0 bridgehead atoms. The summed E-state index contributed by atoms with van der Waals surface area (Å²) in [6.07, 6.45) is 1.35. The van der Waals surface area contributed by atoms with Crippen LogP contribution >= 0.6 is 22.7 Å². The van der Waals surface area contributed by atoms with Crippen molar-refractivity contribution in [3.63, 3.8) is 0 Å². The highest BCUT2D eigenvalue weighted by atomic mass is 32.1. The third-order valence-corrected chi connectivity index (χ3v) is 7.81. The van der Waals surface area contributed by atoms with Gasteiger partial charge in [-0.25, -0.2) is 14.4 Å². The van der Waals surface area contributed by atoms with Gasteiger partial charge < -0.3 is 9.88 Å². The van der Waals surface area contributed by atoms with Crippen LogP contribution in [0.5, 0.6) is 0 Å². The average Bonchev–Trinajstić information content (AvgIpc) is 3.49. The monoisotopic (exact) mass is 464 g/mol. The number of anilines is 1. The minimum Gasteiger partial charge on any atom is -0.310 e. The van der Waals surface area contributed by atoms with Crippen LogP contribution in [0.1, 0.15) is 17.3 Å². The lowest BCUT2D eigenvalue weighted by molar-refractivity contribution is -0.120. The molecule has 0 aliphatic carbocycles. The predicted molar refractivity (Wildman–Crippen MR) is 123 cm³/mol. The summed E-state index contributed by atoms with van der Waals surface area (Å²) >= 11 is 3.12. The molecule has 4 heterocycles. The second-order valence-electron chi connectivity index (χ2n) is 7.80. The number of fused-ring (bicyclic) bond motifs is 4. The van der Waals surface area contributed by atoms with E-state index in [1.165, 1.54) is 23.5 Å². The van der Waals surface area contributed by atoms with Crippen LogP contribution in [0.2, 0.25) is 0 Å². The van der Waals surface area contributed by atoms with E-state index in [1.807, 2.05) is 23.6 Å². The molecule has 6 rings (SSSR count). The molecule has 10 heteroatoms. The number of halogens is 1. The van der Waals surface area contributed by atoms with Gasteiger partial charge in [0.2, 0.25) is 5.91 Å². The maximum atomic E-state index is 13.3. The van der Waals surface area contributed by atoms with Gasteiger partial charge in [-0.1, -0.05) is 11.3 Å². The molecule has 1 atom stereocenters. The van der Waals surface area contributed by atoms with Crippen LogP contribution in [0.3, 0.4) is 0 Å². The molecule has 0 saturated carbocycles. The van der Waals surface area contributed by atoms with E-state index in [0.29, 0.717) is 30.3 Å². The Morgan fingerprint density at radius 2 is 1.81 bits per heavy atom. The minimum atomic E-state index is -0.300. The van der Waals surface area contributed by atoms with E-state index >= 15 is 0 Å². The lowest BCUT2D eigenvalue weighted by atomic mass is 9.98. The van der Waals surface area contributed by atoms with Crippen molar-refractivity contribution in [3.8, 4) is 11.4 Å². The maximum Gasteiger partial charge on any atom is 0.231 e. The Morgan fingerprint density at radius 1 is 1.06 bits per heavy atom. The predicted octanol–water partition coefficient (Wildman–Crippen LogP) is 4.81. The van der Waals surface area contributed by atoms with Crippen LogP contribution in [0.15, 0.2) is 36.4 Å². The highest BCUT2D eigenvalue weighted by Gasteiger charge is 2.29. The summed E-state index contributed by atoms with van der Waals surface area (Å²) in [6.45, 7) is 2.47. The molecule has 1 N–H and O–H groups in total. The second-order valence-corrected chi connectivity index (χ2v) is 10.00. The summed E-state index contributed by atoms with van der Waals surface area (Å²) < 4.78 is 17.4. The number of carbonyl (C=O) groups excluding carboxylic acids is 1. The quantitative estimate of drug-likeness (QED) is 0.414. The van der Waals surface area contributed by atoms with Crippen LogP contribution in [-0.2, 0) is 17.8 Å². The summed E-state index contributed by atoms with van der Waals surface area (Å²) in [7, 11) is 0. The Kier molecular flexibility index (Phi) is 4.51. The lowest BCUT2D eigenvalue weighted by Gasteiger charge is -2.23. The molecule has 7 nitrogen and oxygen atoms in total. The topological polar surface area (TPSA) is 85.6 Å². The van der Waals surface area contributed by atoms with E-state index in [-0.39, 0.29) is 17.6 Å². The minimum absolute atomic E-state index is 0.0646. The van der Waals surface area contributed by atoms with Crippen LogP contribution in [0, 0.1) is 18.7 Å². The molecule has 5 aromatic rings. The first-order chi connectivity index (χ1) is 15.5. The van der Waals surface area contributed by atoms with Gasteiger partial charge in [-0.2, -0.15) is 0 Å². The van der Waals surface area contributed by atoms with E-state index in [0.717, 1.165) is 36.8 Å². The third kappa shape index (κ3) is 3.26. The number of thiazole rings is 2. The summed E-state index contributed by atoms with van der Waals surface area (Å²) in [6, 6.07) is 10.1. The molecule has 3 aromatic heterocycles. The first-order valence-electron chi connectivity index (χ1n) is 10.2. The number of nitrogens with zero attached hydrogens (tertiary/aromatic N) is 5. The average molecular weight is 465 g/mol. The molecule has 0 spiro atoms. The van der Waals surface area contributed by atoms with Gasteiger partial charge in [0, 0.05) is 18.5 Å². The molecule has 1 aliphatic heterocycles. The summed E-state index contributed by atoms with van der Waals surface area (Å²) in [4.78, 5) is 22.2. The third-order valence-electron chi connectivity index (χ3n) is 5.67. The SMILES string of the molecule is Cc1nc2ccc3nc(NC(=O)C4CCc5nnc(-c6ccc(F)cc6)n5C4)sc3c2s1. The zero-order valence-corrected chi connectivity index (χ0v) is 18.6. The first-order valence-corrected chi connectivity index (χ1v) is 11.8. The van der Waals surface area contributed by atoms with Crippen molar-refractivity contribution >= 4 is 54.1 Å². The smallest absolute Gasteiger partial charge is 0.231 e. The Balaban J connectivity index is 1.25. The Bertz CT molecular complexity index is 1490. The van der Waals surface area contributed by atoms with Crippen molar-refractivity contribution in [2.45, 2.75) is 26.3 Å². The van der Waals surface area contributed by atoms with E-state index < -0.39 is 0 Å². The van der Waals surface area contributed by atoms with Crippen LogP contribution in [0.4, 0.5) is 9.52 Å². The molecule has 0 saturated heterocycles.